The first-order valence-electron chi connectivity index (χ1n) is 5.77. The molecule has 2 N–H and O–H groups in total. The molecule has 0 spiro atoms. The van der Waals surface area contributed by atoms with Crippen LogP contribution in [-0.2, 0) is 6.54 Å². The van der Waals surface area contributed by atoms with Gasteiger partial charge in [0.05, 0.1) is 0 Å². The van der Waals surface area contributed by atoms with Gasteiger partial charge >= 0.3 is 0 Å². The van der Waals surface area contributed by atoms with E-state index >= 15 is 0 Å². The molecule has 0 fully saturated rings. The van der Waals surface area contributed by atoms with E-state index in [-0.39, 0.29) is 12.2 Å². The summed E-state index contributed by atoms with van der Waals surface area (Å²) in [6, 6.07) is 0. The van der Waals surface area contributed by atoms with Gasteiger partial charge in [-0.2, -0.15) is 11.8 Å². The van der Waals surface area contributed by atoms with Crippen molar-refractivity contribution in [2.24, 2.45) is 0 Å². The Kier molecular flexibility index (Phi) is 6.73. The smallest absolute Gasteiger partial charge is 0.293 e. The molecular weight excluding hydrogens is 238 g/mol. The van der Waals surface area contributed by atoms with Crippen molar-refractivity contribution in [3.8, 4) is 0 Å². The van der Waals surface area contributed by atoms with Crippen LogP contribution in [0.15, 0.2) is 17.2 Å². The molecule has 1 rings (SSSR count). The average Bonchev–Trinajstić information content (AvgIpc) is 2.35. The van der Waals surface area contributed by atoms with Crippen molar-refractivity contribution in [1.82, 2.24) is 9.55 Å². The Morgan fingerprint density at radius 2 is 2.35 bits per heavy atom. The third-order valence-corrected chi connectivity index (χ3v) is 3.31. The summed E-state index contributed by atoms with van der Waals surface area (Å²) in [5, 5.41) is 11.6. The summed E-state index contributed by atoms with van der Waals surface area (Å²) >= 11 is 1.75. The molecule has 0 bridgehead atoms. The van der Waals surface area contributed by atoms with Crippen LogP contribution in [0.2, 0.25) is 0 Å². The number of hydrogen-bond donors (Lipinski definition) is 2. The third-order valence-electron chi connectivity index (χ3n) is 2.24. The Bertz CT molecular complexity index is 381. The fourth-order valence-electron chi connectivity index (χ4n) is 1.33. The maximum absolute atomic E-state index is 11.8. The number of thioether (sulfide) groups is 1. The van der Waals surface area contributed by atoms with Gasteiger partial charge in [-0.15, -0.1) is 0 Å². The van der Waals surface area contributed by atoms with Crippen LogP contribution in [0.1, 0.15) is 13.3 Å². The van der Waals surface area contributed by atoms with Crippen LogP contribution in [-0.4, -0.2) is 39.3 Å². The van der Waals surface area contributed by atoms with E-state index < -0.39 is 0 Å². The minimum atomic E-state index is -0.0737. The van der Waals surface area contributed by atoms with E-state index in [2.05, 4.69) is 10.3 Å². The molecule has 0 amide bonds. The van der Waals surface area contributed by atoms with Crippen LogP contribution in [0.3, 0.4) is 0 Å². The highest BCUT2D eigenvalue weighted by Crippen LogP contribution is 2.01. The molecule has 17 heavy (non-hydrogen) atoms. The number of aryl methyl sites for hydroxylation is 1. The number of aromatic nitrogens is 2. The third kappa shape index (κ3) is 4.79. The molecule has 0 radical (unpaired) electrons. The van der Waals surface area contributed by atoms with Crippen molar-refractivity contribution in [2.75, 3.05) is 30.0 Å². The number of rotatable bonds is 8. The molecule has 0 saturated carbocycles. The maximum Gasteiger partial charge on any atom is 0.293 e. The van der Waals surface area contributed by atoms with Crippen LogP contribution in [0.4, 0.5) is 5.82 Å². The molecule has 0 atom stereocenters. The average molecular weight is 257 g/mol. The lowest BCUT2D eigenvalue weighted by Crippen LogP contribution is -2.24. The molecule has 0 aliphatic carbocycles. The normalized spacial score (nSPS) is 10.5. The predicted octanol–water partition coefficient (Wildman–Crippen LogP) is 0.791. The summed E-state index contributed by atoms with van der Waals surface area (Å²) in [6.45, 7) is 3.53. The lowest BCUT2D eigenvalue weighted by atomic mass is 10.5. The van der Waals surface area contributed by atoms with E-state index in [1.165, 1.54) is 0 Å². The van der Waals surface area contributed by atoms with Crippen molar-refractivity contribution in [2.45, 2.75) is 19.9 Å². The van der Waals surface area contributed by atoms with Gasteiger partial charge in [0.2, 0.25) is 0 Å². The highest BCUT2D eigenvalue weighted by atomic mass is 32.2. The Labute approximate surface area is 105 Å². The van der Waals surface area contributed by atoms with E-state index in [0.717, 1.165) is 17.9 Å². The van der Waals surface area contributed by atoms with E-state index in [9.17, 15) is 4.79 Å². The molecule has 1 heterocycles. The van der Waals surface area contributed by atoms with Crippen molar-refractivity contribution < 1.29 is 5.11 Å². The second kappa shape index (κ2) is 8.14. The molecule has 0 aliphatic heterocycles. The van der Waals surface area contributed by atoms with E-state index in [1.54, 1.807) is 28.7 Å². The Hall–Kier alpha value is -1.01. The summed E-state index contributed by atoms with van der Waals surface area (Å²) in [7, 11) is 0. The fraction of sp³-hybridized carbons (Fsp3) is 0.636. The van der Waals surface area contributed by atoms with Gasteiger partial charge in [0.15, 0.2) is 5.82 Å². The second-order valence-electron chi connectivity index (χ2n) is 3.48. The van der Waals surface area contributed by atoms with Gasteiger partial charge in [-0.25, -0.2) is 4.98 Å². The zero-order chi connectivity index (χ0) is 12.5. The summed E-state index contributed by atoms with van der Waals surface area (Å²) in [5.41, 5.74) is -0.0737. The Morgan fingerprint density at radius 3 is 3.06 bits per heavy atom. The zero-order valence-electron chi connectivity index (χ0n) is 10.1. The largest absolute Gasteiger partial charge is 0.396 e. The number of nitrogens with zero attached hydrogens (tertiary/aromatic N) is 2. The molecule has 1 aromatic heterocycles. The monoisotopic (exact) mass is 257 g/mol. The number of nitrogens with one attached hydrogen (secondary N) is 1. The quantitative estimate of drug-likeness (QED) is 0.674. The first kappa shape index (κ1) is 14.1. The van der Waals surface area contributed by atoms with Gasteiger partial charge in [0, 0.05) is 37.8 Å². The van der Waals surface area contributed by atoms with Crippen LogP contribution in [0.25, 0.3) is 0 Å². The van der Waals surface area contributed by atoms with E-state index in [0.29, 0.717) is 18.9 Å². The highest BCUT2D eigenvalue weighted by molar-refractivity contribution is 7.99. The summed E-state index contributed by atoms with van der Waals surface area (Å²) < 4.78 is 1.62. The van der Waals surface area contributed by atoms with Gasteiger partial charge in [-0.3, -0.25) is 4.79 Å². The Morgan fingerprint density at radius 1 is 1.53 bits per heavy atom. The molecule has 1 aromatic rings. The first-order valence-corrected chi connectivity index (χ1v) is 6.93. The molecular formula is C11H19N3O2S. The lowest BCUT2D eigenvalue weighted by Gasteiger charge is -2.06. The van der Waals surface area contributed by atoms with Crippen LogP contribution in [0, 0.1) is 0 Å². The van der Waals surface area contributed by atoms with Crippen molar-refractivity contribution >= 4 is 17.6 Å². The van der Waals surface area contributed by atoms with E-state index in [1.807, 2.05) is 6.92 Å². The summed E-state index contributed by atoms with van der Waals surface area (Å²) in [5.74, 6) is 2.26. The van der Waals surface area contributed by atoms with Gasteiger partial charge in [-0.1, -0.05) is 0 Å². The summed E-state index contributed by atoms with van der Waals surface area (Å²) in [6.07, 6.45) is 4.13. The fourth-order valence-corrected chi connectivity index (χ4v) is 2.11. The molecule has 0 unspecified atom stereocenters. The molecule has 6 heteroatoms. The summed E-state index contributed by atoms with van der Waals surface area (Å²) in [4.78, 5) is 15.8. The van der Waals surface area contributed by atoms with Crippen LogP contribution >= 0.6 is 11.8 Å². The van der Waals surface area contributed by atoms with Crippen molar-refractivity contribution in [3.63, 3.8) is 0 Å². The predicted molar refractivity (Wildman–Crippen MR) is 71.7 cm³/mol. The minimum absolute atomic E-state index is 0.0737. The number of hydrogen-bond acceptors (Lipinski definition) is 5. The number of aliphatic hydroxyl groups is 1. The number of aliphatic hydroxyl groups excluding tert-OH is 1. The van der Waals surface area contributed by atoms with Crippen LogP contribution in [0.5, 0.6) is 0 Å². The topological polar surface area (TPSA) is 67.2 Å². The van der Waals surface area contributed by atoms with Gasteiger partial charge in [0.25, 0.3) is 5.56 Å². The van der Waals surface area contributed by atoms with Crippen molar-refractivity contribution in [3.05, 3.63) is 22.7 Å². The minimum Gasteiger partial charge on any atom is -0.396 e. The first-order chi connectivity index (χ1) is 8.29. The van der Waals surface area contributed by atoms with Crippen molar-refractivity contribution in [1.29, 1.82) is 0 Å². The zero-order valence-corrected chi connectivity index (χ0v) is 10.9. The molecule has 96 valence electrons. The SMILES string of the molecule is CCn1ccnc(NCCSCCCO)c1=O. The highest BCUT2D eigenvalue weighted by Gasteiger charge is 2.02. The van der Waals surface area contributed by atoms with Gasteiger partial charge in [-0.05, 0) is 19.1 Å². The lowest BCUT2D eigenvalue weighted by molar-refractivity contribution is 0.296. The number of anilines is 1. The van der Waals surface area contributed by atoms with E-state index in [4.69, 9.17) is 5.11 Å². The maximum atomic E-state index is 11.8. The molecule has 5 nitrogen and oxygen atoms in total. The molecule has 0 saturated heterocycles. The molecule has 0 aliphatic rings. The van der Waals surface area contributed by atoms with Gasteiger partial charge in [0.1, 0.15) is 0 Å². The Balaban J connectivity index is 2.34. The van der Waals surface area contributed by atoms with Crippen LogP contribution < -0.4 is 10.9 Å². The standard InChI is InChI=1S/C11H19N3O2S/c1-2-14-6-4-12-10(11(14)16)13-5-9-17-8-3-7-15/h4,6,15H,2-3,5,7-9H2,1H3,(H,12,13). The van der Waals surface area contributed by atoms with Gasteiger partial charge < -0.3 is 15.0 Å². The molecule has 0 aromatic carbocycles. The second-order valence-corrected chi connectivity index (χ2v) is 4.71.